The Balaban J connectivity index is 1.82. The molecule has 0 aromatic rings. The van der Waals surface area contributed by atoms with Crippen molar-refractivity contribution < 1.29 is 14.6 Å². The lowest BCUT2D eigenvalue weighted by molar-refractivity contribution is -0.160. The van der Waals surface area contributed by atoms with Crippen LogP contribution in [-0.4, -0.2) is 29.7 Å². The van der Waals surface area contributed by atoms with Gasteiger partial charge < -0.3 is 14.6 Å². The van der Waals surface area contributed by atoms with Crippen molar-refractivity contribution in [1.82, 2.24) is 0 Å². The van der Waals surface area contributed by atoms with Gasteiger partial charge in [0.2, 0.25) is 0 Å². The molecule has 1 heterocycles. The van der Waals surface area contributed by atoms with Crippen LogP contribution in [0.2, 0.25) is 0 Å². The topological polar surface area (TPSA) is 38.7 Å². The Labute approximate surface area is 90.1 Å². The molecule has 84 valence electrons. The number of aliphatic hydroxyl groups excluding tert-OH is 1. The van der Waals surface area contributed by atoms with E-state index in [1.807, 2.05) is 13.8 Å². The molecule has 3 aliphatic rings. The number of rotatable bonds is 1. The van der Waals surface area contributed by atoms with Gasteiger partial charge in [0, 0.05) is 18.4 Å². The fraction of sp³-hybridized carbons (Fsp3) is 0.833. The Morgan fingerprint density at radius 1 is 1.33 bits per heavy atom. The fourth-order valence-corrected chi connectivity index (χ4v) is 3.40. The van der Waals surface area contributed by atoms with Crippen LogP contribution in [0.15, 0.2) is 12.2 Å². The van der Waals surface area contributed by atoms with Gasteiger partial charge in [-0.3, -0.25) is 0 Å². The monoisotopic (exact) mass is 210 g/mol. The van der Waals surface area contributed by atoms with Crippen LogP contribution in [0.5, 0.6) is 0 Å². The van der Waals surface area contributed by atoms with Crippen molar-refractivity contribution in [2.24, 2.45) is 17.8 Å². The SMILES string of the molecule is CC1(C)O[C@H]2[C@@H]3[C@@H](CO)C=C[C@@H]3C[C@H]2O1. The molecule has 1 saturated carbocycles. The van der Waals surface area contributed by atoms with E-state index in [9.17, 15) is 5.11 Å². The van der Waals surface area contributed by atoms with Gasteiger partial charge in [0.1, 0.15) is 0 Å². The molecule has 1 saturated heterocycles. The van der Waals surface area contributed by atoms with Crippen molar-refractivity contribution in [3.05, 3.63) is 12.2 Å². The van der Waals surface area contributed by atoms with E-state index in [2.05, 4.69) is 12.2 Å². The van der Waals surface area contributed by atoms with Crippen molar-refractivity contribution in [2.45, 2.75) is 38.3 Å². The first kappa shape index (κ1) is 9.82. The lowest BCUT2D eigenvalue weighted by Crippen LogP contribution is -2.31. The Bertz CT molecular complexity index is 295. The molecule has 15 heavy (non-hydrogen) atoms. The lowest BCUT2D eigenvalue weighted by Gasteiger charge is -2.25. The Hall–Kier alpha value is -0.380. The number of hydrogen-bond donors (Lipinski definition) is 1. The molecule has 0 unspecified atom stereocenters. The summed E-state index contributed by atoms with van der Waals surface area (Å²) in [6.07, 6.45) is 5.82. The van der Waals surface area contributed by atoms with Crippen molar-refractivity contribution in [2.75, 3.05) is 6.61 Å². The molecular weight excluding hydrogens is 192 g/mol. The molecule has 2 fully saturated rings. The van der Waals surface area contributed by atoms with E-state index < -0.39 is 5.79 Å². The third-order valence-corrected chi connectivity index (χ3v) is 3.91. The summed E-state index contributed by atoms with van der Waals surface area (Å²) in [5.74, 6) is 0.806. The molecule has 1 N–H and O–H groups in total. The maximum absolute atomic E-state index is 9.32. The summed E-state index contributed by atoms with van der Waals surface area (Å²) >= 11 is 0. The second-order valence-electron chi connectivity index (χ2n) is 5.35. The van der Waals surface area contributed by atoms with Gasteiger partial charge in [-0.05, 0) is 26.2 Å². The van der Waals surface area contributed by atoms with Gasteiger partial charge in [-0.1, -0.05) is 12.2 Å². The summed E-state index contributed by atoms with van der Waals surface area (Å²) in [6, 6.07) is 0. The molecule has 0 aromatic carbocycles. The van der Waals surface area contributed by atoms with Crippen LogP contribution in [0.1, 0.15) is 20.3 Å². The van der Waals surface area contributed by atoms with E-state index in [4.69, 9.17) is 9.47 Å². The van der Waals surface area contributed by atoms with Crippen molar-refractivity contribution >= 4 is 0 Å². The van der Waals surface area contributed by atoms with Gasteiger partial charge in [0.05, 0.1) is 12.2 Å². The van der Waals surface area contributed by atoms with E-state index >= 15 is 0 Å². The van der Waals surface area contributed by atoms with Crippen LogP contribution in [0.25, 0.3) is 0 Å². The smallest absolute Gasteiger partial charge is 0.163 e. The predicted octanol–water partition coefficient (Wildman–Crippen LogP) is 1.32. The Morgan fingerprint density at radius 3 is 2.87 bits per heavy atom. The molecule has 1 aliphatic heterocycles. The Morgan fingerprint density at radius 2 is 2.13 bits per heavy atom. The molecule has 0 amide bonds. The average molecular weight is 210 g/mol. The minimum Gasteiger partial charge on any atom is -0.396 e. The maximum atomic E-state index is 9.32. The summed E-state index contributed by atoms with van der Waals surface area (Å²) < 4.78 is 11.8. The third kappa shape index (κ3) is 1.37. The summed E-state index contributed by atoms with van der Waals surface area (Å²) in [7, 11) is 0. The molecule has 0 spiro atoms. The van der Waals surface area contributed by atoms with E-state index in [0.29, 0.717) is 11.8 Å². The molecule has 2 aliphatic carbocycles. The molecule has 3 rings (SSSR count). The summed E-state index contributed by atoms with van der Waals surface area (Å²) in [5.41, 5.74) is 0. The van der Waals surface area contributed by atoms with Crippen LogP contribution < -0.4 is 0 Å². The van der Waals surface area contributed by atoms with Crippen LogP contribution in [0.4, 0.5) is 0 Å². The largest absolute Gasteiger partial charge is 0.396 e. The zero-order chi connectivity index (χ0) is 10.6. The minimum atomic E-state index is -0.442. The highest BCUT2D eigenvalue weighted by molar-refractivity contribution is 5.15. The van der Waals surface area contributed by atoms with Gasteiger partial charge in [-0.25, -0.2) is 0 Å². The zero-order valence-electron chi connectivity index (χ0n) is 9.22. The zero-order valence-corrected chi connectivity index (χ0v) is 9.22. The van der Waals surface area contributed by atoms with Gasteiger partial charge in [-0.15, -0.1) is 0 Å². The van der Waals surface area contributed by atoms with Crippen LogP contribution in [0, 0.1) is 17.8 Å². The molecular formula is C12H18O3. The third-order valence-electron chi connectivity index (χ3n) is 3.91. The number of allylic oxidation sites excluding steroid dienone is 1. The lowest BCUT2D eigenvalue weighted by atomic mass is 9.89. The number of hydrogen-bond acceptors (Lipinski definition) is 3. The number of aliphatic hydroxyl groups is 1. The first-order chi connectivity index (χ1) is 7.11. The average Bonchev–Trinajstić information content (AvgIpc) is 2.73. The second-order valence-corrected chi connectivity index (χ2v) is 5.35. The second kappa shape index (κ2) is 3.06. The van der Waals surface area contributed by atoms with E-state index in [0.717, 1.165) is 6.42 Å². The molecule has 3 heteroatoms. The van der Waals surface area contributed by atoms with Crippen LogP contribution >= 0.6 is 0 Å². The summed E-state index contributed by atoms with van der Waals surface area (Å²) in [6.45, 7) is 4.16. The molecule has 0 bridgehead atoms. The molecule has 0 aromatic heterocycles. The van der Waals surface area contributed by atoms with Crippen LogP contribution in [0.3, 0.4) is 0 Å². The highest BCUT2D eigenvalue weighted by atomic mass is 16.8. The van der Waals surface area contributed by atoms with Crippen molar-refractivity contribution in [3.8, 4) is 0 Å². The summed E-state index contributed by atoms with van der Waals surface area (Å²) in [5, 5.41) is 9.32. The van der Waals surface area contributed by atoms with E-state index in [-0.39, 0.29) is 24.7 Å². The summed E-state index contributed by atoms with van der Waals surface area (Å²) in [4.78, 5) is 0. The maximum Gasteiger partial charge on any atom is 0.163 e. The number of ether oxygens (including phenoxy) is 2. The highest BCUT2D eigenvalue weighted by Gasteiger charge is 2.55. The first-order valence-electron chi connectivity index (χ1n) is 5.75. The minimum absolute atomic E-state index is 0.178. The Kier molecular flexibility index (Phi) is 2.00. The van der Waals surface area contributed by atoms with Crippen LogP contribution in [-0.2, 0) is 9.47 Å². The fourth-order valence-electron chi connectivity index (χ4n) is 3.40. The van der Waals surface area contributed by atoms with Crippen molar-refractivity contribution in [3.63, 3.8) is 0 Å². The highest BCUT2D eigenvalue weighted by Crippen LogP contribution is 2.50. The number of fused-ring (bicyclic) bond motifs is 3. The van der Waals surface area contributed by atoms with Crippen molar-refractivity contribution in [1.29, 1.82) is 0 Å². The predicted molar refractivity (Wildman–Crippen MR) is 55.1 cm³/mol. The first-order valence-corrected chi connectivity index (χ1v) is 5.75. The quantitative estimate of drug-likeness (QED) is 0.663. The standard InChI is InChI=1S/C12H18O3/c1-12(2)14-9-5-7-3-4-8(6-13)10(7)11(9)15-12/h3-4,7-11,13H,5-6H2,1-2H3/t7-,8-,9-,10+,11-/m1/s1. The van der Waals surface area contributed by atoms with Gasteiger partial charge in [0.25, 0.3) is 0 Å². The molecule has 3 nitrogen and oxygen atoms in total. The molecule has 0 radical (unpaired) electrons. The van der Waals surface area contributed by atoms with Gasteiger partial charge in [0.15, 0.2) is 5.79 Å². The van der Waals surface area contributed by atoms with E-state index in [1.165, 1.54) is 0 Å². The normalized spacial score (nSPS) is 50.7. The van der Waals surface area contributed by atoms with Gasteiger partial charge >= 0.3 is 0 Å². The molecule has 5 atom stereocenters. The van der Waals surface area contributed by atoms with E-state index in [1.54, 1.807) is 0 Å². The van der Waals surface area contributed by atoms with Gasteiger partial charge in [-0.2, -0.15) is 0 Å².